The van der Waals surface area contributed by atoms with E-state index in [2.05, 4.69) is 28.0 Å². The van der Waals surface area contributed by atoms with Gasteiger partial charge < -0.3 is 59.3 Å². The summed E-state index contributed by atoms with van der Waals surface area (Å²) in [7, 11) is 0. The Hall–Kier alpha value is -4.82. The molecule has 63 heavy (non-hydrogen) atoms. The van der Waals surface area contributed by atoms with Crippen molar-refractivity contribution in [3.8, 4) is 11.5 Å². The van der Waals surface area contributed by atoms with Gasteiger partial charge in [0.25, 0.3) is 5.79 Å². The zero-order valence-corrected chi connectivity index (χ0v) is 36.8. The maximum Gasteiger partial charge on any atom is 0.364 e. The lowest BCUT2D eigenvalue weighted by Crippen LogP contribution is -2.61. The molecule has 1 amide bonds. The molecule has 0 aromatic heterocycles. The molecule has 0 saturated carbocycles. The van der Waals surface area contributed by atoms with Crippen molar-refractivity contribution in [2.24, 2.45) is 5.11 Å². The van der Waals surface area contributed by atoms with Gasteiger partial charge in [0.05, 0.1) is 77.4 Å². The van der Waals surface area contributed by atoms with E-state index in [0.717, 1.165) is 12.8 Å². The molecule has 1 fully saturated rings. The second kappa shape index (κ2) is 31.1. The molecule has 1 saturated heterocycles. The van der Waals surface area contributed by atoms with Crippen molar-refractivity contribution < 1.29 is 57.8 Å². The highest BCUT2D eigenvalue weighted by molar-refractivity contribution is 5.96. The van der Waals surface area contributed by atoms with Crippen LogP contribution < -0.4 is 20.7 Å². The number of aliphatic carboxylic acids is 1. The van der Waals surface area contributed by atoms with Crippen LogP contribution in [0.25, 0.3) is 0 Å². The first-order valence-corrected chi connectivity index (χ1v) is 21.9. The summed E-state index contributed by atoms with van der Waals surface area (Å²) in [4.78, 5) is 37.1. The number of carbonyl (C=O) groups is 3. The molecule has 1 heterocycles. The first kappa shape index (κ1) is 52.5. The van der Waals surface area contributed by atoms with Gasteiger partial charge in [-0.15, -0.1) is 0 Å². The van der Waals surface area contributed by atoms with Crippen molar-refractivity contribution in [3.63, 3.8) is 0 Å². The van der Waals surface area contributed by atoms with Gasteiger partial charge >= 0.3 is 5.97 Å². The number of amides is 1. The molecular formula is C45H68N6O12. The number of nitrogens with one attached hydrogen (secondary N) is 5. The molecule has 2 aromatic rings. The van der Waals surface area contributed by atoms with Gasteiger partial charge in [-0.05, 0) is 56.9 Å². The van der Waals surface area contributed by atoms with Crippen LogP contribution in [0.15, 0.2) is 71.6 Å². The van der Waals surface area contributed by atoms with Crippen molar-refractivity contribution in [3.05, 3.63) is 72.1 Å². The second-order valence-corrected chi connectivity index (χ2v) is 15.0. The smallest absolute Gasteiger partial charge is 0.364 e. The number of carbonyl (C=O) groups excluding carboxylic acids is 2. The van der Waals surface area contributed by atoms with Crippen LogP contribution in [-0.2, 0) is 38.0 Å². The number of hydrogen-bond donors (Lipinski definition) is 7. The van der Waals surface area contributed by atoms with Gasteiger partial charge in [-0.1, -0.05) is 56.5 Å². The van der Waals surface area contributed by atoms with Crippen LogP contribution in [0.5, 0.6) is 11.5 Å². The third-order valence-corrected chi connectivity index (χ3v) is 9.84. The SMILES string of the molecule is CCCCNC(=O)CCOCCOCCN/C=C(/COCCOCCO[C@]1(C(=O)O)CC[C@@H](NC(C)=N)[C@H]([C@H](O)CCCCCC(=O)c2cccc(Oc3ccccc3)c2)O1)N=N. The van der Waals surface area contributed by atoms with Crippen molar-refractivity contribution in [2.45, 2.75) is 102 Å². The fraction of sp³-hybridized carbons (Fsp3) is 0.600. The summed E-state index contributed by atoms with van der Waals surface area (Å²) in [6.45, 7) is 6.70. The number of aliphatic hydroxyl groups is 1. The summed E-state index contributed by atoms with van der Waals surface area (Å²) in [5.41, 5.74) is 8.31. The molecule has 0 spiro atoms. The topological polar surface area (TPSA) is 252 Å². The molecule has 4 atom stereocenters. The zero-order valence-electron chi connectivity index (χ0n) is 36.8. The van der Waals surface area contributed by atoms with E-state index >= 15 is 0 Å². The third-order valence-electron chi connectivity index (χ3n) is 9.84. The van der Waals surface area contributed by atoms with Crippen LogP contribution in [0.4, 0.5) is 0 Å². The normalized spacial score (nSPS) is 18.0. The Bertz CT molecular complexity index is 1680. The maximum atomic E-state index is 12.9. The van der Waals surface area contributed by atoms with E-state index in [4.69, 9.17) is 44.1 Å². The number of benzene rings is 2. The Morgan fingerprint density at radius 1 is 0.889 bits per heavy atom. The van der Waals surface area contributed by atoms with Crippen LogP contribution in [0.2, 0.25) is 0 Å². The van der Waals surface area contributed by atoms with E-state index in [9.17, 15) is 24.6 Å². The second-order valence-electron chi connectivity index (χ2n) is 15.0. The quantitative estimate of drug-likeness (QED) is 0.0143. The minimum Gasteiger partial charge on any atom is -0.477 e. The summed E-state index contributed by atoms with van der Waals surface area (Å²) in [6, 6.07) is 15.9. The molecule has 2 aromatic carbocycles. The van der Waals surface area contributed by atoms with E-state index in [1.165, 1.54) is 0 Å². The molecule has 18 heteroatoms. The van der Waals surface area contributed by atoms with Crippen molar-refractivity contribution >= 4 is 23.5 Å². The summed E-state index contributed by atoms with van der Waals surface area (Å²) >= 11 is 0. The van der Waals surface area contributed by atoms with Crippen LogP contribution >= 0.6 is 0 Å². The molecule has 350 valence electrons. The first-order chi connectivity index (χ1) is 30.6. The average molecular weight is 885 g/mol. The molecule has 7 N–H and O–H groups in total. The van der Waals surface area contributed by atoms with Crippen LogP contribution in [-0.4, -0.2) is 130 Å². The number of unbranched alkanes of at least 4 members (excludes halogenated alkanes) is 3. The molecule has 0 unspecified atom stereocenters. The molecule has 0 radical (unpaired) electrons. The van der Waals surface area contributed by atoms with Gasteiger partial charge in [0, 0.05) is 44.1 Å². The number of para-hydroxylation sites is 1. The molecule has 1 aliphatic rings. The molecule has 0 bridgehead atoms. The summed E-state index contributed by atoms with van der Waals surface area (Å²) in [6.07, 6.45) is 4.54. The summed E-state index contributed by atoms with van der Waals surface area (Å²) in [5.74, 6) is -1.96. The number of nitrogens with zero attached hydrogens (tertiary/aromatic N) is 1. The lowest BCUT2D eigenvalue weighted by atomic mass is 9.90. The minimum absolute atomic E-state index is 0.0132. The molecule has 1 aliphatic heterocycles. The van der Waals surface area contributed by atoms with Crippen LogP contribution in [0.1, 0.15) is 88.4 Å². The Morgan fingerprint density at radius 2 is 1.60 bits per heavy atom. The number of Topliss-reactive ketones (excluding diaryl/α,β-unsaturated/α-hetero) is 1. The summed E-state index contributed by atoms with van der Waals surface area (Å²) in [5, 5.41) is 41.8. The van der Waals surface area contributed by atoms with E-state index in [-0.39, 0.29) is 63.4 Å². The van der Waals surface area contributed by atoms with Gasteiger partial charge in [0.15, 0.2) is 5.78 Å². The summed E-state index contributed by atoms with van der Waals surface area (Å²) < 4.78 is 39.7. The number of hydrogen-bond acceptors (Lipinski definition) is 15. The lowest BCUT2D eigenvalue weighted by molar-refractivity contribution is -0.294. The lowest BCUT2D eigenvalue weighted by Gasteiger charge is -2.44. The fourth-order valence-corrected chi connectivity index (χ4v) is 6.53. The van der Waals surface area contributed by atoms with Crippen molar-refractivity contribution in [1.82, 2.24) is 16.0 Å². The standard InChI is InChI=1S/C45H68N6O12/c1-3-4-21-49-42(54)19-23-57-25-26-58-24-22-48-32-36(51-47)33-60-28-27-59-29-30-61-45(44(55)56)20-18-39(50-34(2)46)43(63-45)41(53)17-10-6-9-16-40(52)35-12-11-15-38(31-35)62-37-13-7-5-8-14-37/h5,7-8,11-15,31-32,39,41,43,47-48,53H,3-4,6,9-10,16-30,33H2,1-2H3,(H2,46,50)(H,49,54)(H,55,56)/b36-32-,51-47?/t39-,41-,43-,45-/m1/s1. The predicted molar refractivity (Wildman–Crippen MR) is 234 cm³/mol. The largest absolute Gasteiger partial charge is 0.477 e. The number of carboxylic acids is 1. The van der Waals surface area contributed by atoms with Crippen LogP contribution in [0.3, 0.4) is 0 Å². The number of aliphatic hydroxyl groups excluding tert-OH is 1. The van der Waals surface area contributed by atoms with Crippen molar-refractivity contribution in [2.75, 3.05) is 72.6 Å². The molecule has 18 nitrogen and oxygen atoms in total. The zero-order chi connectivity index (χ0) is 45.5. The van der Waals surface area contributed by atoms with Gasteiger partial charge in [-0.2, -0.15) is 5.11 Å². The van der Waals surface area contributed by atoms with E-state index < -0.39 is 30.0 Å². The number of carboxylic acid groups (broad SMARTS) is 1. The van der Waals surface area contributed by atoms with Crippen molar-refractivity contribution in [1.29, 1.82) is 10.9 Å². The maximum absolute atomic E-state index is 12.9. The Kier molecular flexibility index (Phi) is 25.9. The minimum atomic E-state index is -2.02. The molecular weight excluding hydrogens is 817 g/mol. The van der Waals surface area contributed by atoms with Gasteiger partial charge in [-0.25, -0.2) is 10.3 Å². The number of rotatable bonds is 35. The Morgan fingerprint density at radius 3 is 2.33 bits per heavy atom. The first-order valence-electron chi connectivity index (χ1n) is 21.9. The third kappa shape index (κ3) is 21.4. The number of ketones is 1. The van der Waals surface area contributed by atoms with Gasteiger partial charge in [0.1, 0.15) is 23.3 Å². The Balaban J connectivity index is 1.31. The monoisotopic (exact) mass is 884 g/mol. The highest BCUT2D eigenvalue weighted by atomic mass is 16.7. The van der Waals surface area contributed by atoms with E-state index in [1.807, 2.05) is 30.3 Å². The fourth-order valence-electron chi connectivity index (χ4n) is 6.53. The van der Waals surface area contributed by atoms with E-state index in [0.29, 0.717) is 101 Å². The van der Waals surface area contributed by atoms with Crippen LogP contribution in [0, 0.1) is 10.9 Å². The van der Waals surface area contributed by atoms with Gasteiger partial charge in [-0.3, -0.25) is 15.0 Å². The predicted octanol–water partition coefficient (Wildman–Crippen LogP) is 5.74. The molecule has 0 aliphatic carbocycles. The number of amidine groups is 1. The van der Waals surface area contributed by atoms with Gasteiger partial charge in [0.2, 0.25) is 5.91 Å². The Labute approximate surface area is 370 Å². The number of ether oxygens (including phenoxy) is 7. The average Bonchev–Trinajstić information content (AvgIpc) is 3.27. The molecule has 3 rings (SSSR count). The van der Waals surface area contributed by atoms with E-state index in [1.54, 1.807) is 37.4 Å². The highest BCUT2D eigenvalue weighted by Crippen LogP contribution is 2.33. The highest BCUT2D eigenvalue weighted by Gasteiger charge is 2.50.